The van der Waals surface area contributed by atoms with E-state index in [0.29, 0.717) is 38.2 Å². The lowest BCUT2D eigenvalue weighted by Gasteiger charge is -2.08. The largest absolute Gasteiger partial charge is 0.494 e. The molecule has 0 aliphatic rings. The number of ether oxygens (including phenoxy) is 1. The third kappa shape index (κ3) is 7.34. The van der Waals surface area contributed by atoms with Gasteiger partial charge in [0.25, 0.3) is 0 Å². The molecule has 0 unspecified atom stereocenters. The Morgan fingerprint density at radius 2 is 1.62 bits per heavy atom. The van der Waals surface area contributed by atoms with E-state index in [1.165, 1.54) is 12.1 Å². The van der Waals surface area contributed by atoms with Crippen LogP contribution in [0.3, 0.4) is 0 Å². The monoisotopic (exact) mass is 359 g/mol. The molecule has 0 atom stereocenters. The zero-order chi connectivity index (χ0) is 18.8. The van der Waals surface area contributed by atoms with E-state index < -0.39 is 5.97 Å². The van der Waals surface area contributed by atoms with Crippen LogP contribution >= 0.6 is 0 Å². The van der Waals surface area contributed by atoms with Gasteiger partial charge in [0, 0.05) is 19.4 Å². The molecule has 0 aromatic heterocycles. The minimum Gasteiger partial charge on any atom is -0.494 e. The second-order valence-electron chi connectivity index (χ2n) is 5.89. The molecule has 0 fully saturated rings. The van der Waals surface area contributed by atoms with E-state index in [0.717, 1.165) is 11.1 Å². The van der Waals surface area contributed by atoms with Crippen LogP contribution in [0.5, 0.6) is 5.75 Å². The van der Waals surface area contributed by atoms with Crippen molar-refractivity contribution in [3.05, 3.63) is 65.5 Å². The number of amides is 1. The van der Waals surface area contributed by atoms with Gasteiger partial charge in [-0.25, -0.2) is 4.39 Å². The van der Waals surface area contributed by atoms with Gasteiger partial charge in [0.1, 0.15) is 11.6 Å². The Morgan fingerprint density at radius 1 is 0.962 bits per heavy atom. The number of carbonyl (C=O) groups is 2. The molecule has 2 aromatic rings. The average Bonchev–Trinajstić information content (AvgIpc) is 2.64. The molecular weight excluding hydrogens is 337 g/mol. The van der Waals surface area contributed by atoms with Gasteiger partial charge in [0.15, 0.2) is 0 Å². The SMILES string of the molecule is O=C(O)CCCOc1ccc(CNC(=O)CCc2ccc(F)cc2)cc1. The number of halogens is 1. The molecule has 26 heavy (non-hydrogen) atoms. The molecule has 2 rings (SSSR count). The predicted molar refractivity (Wildman–Crippen MR) is 95.4 cm³/mol. The van der Waals surface area contributed by atoms with Gasteiger partial charge in [0.05, 0.1) is 6.61 Å². The number of hydrogen-bond acceptors (Lipinski definition) is 3. The average molecular weight is 359 g/mol. The van der Waals surface area contributed by atoms with Crippen LogP contribution in [-0.4, -0.2) is 23.6 Å². The van der Waals surface area contributed by atoms with E-state index in [1.807, 2.05) is 12.1 Å². The summed E-state index contributed by atoms with van der Waals surface area (Å²) in [4.78, 5) is 22.3. The second-order valence-corrected chi connectivity index (χ2v) is 5.89. The summed E-state index contributed by atoms with van der Waals surface area (Å²) in [5.41, 5.74) is 1.86. The summed E-state index contributed by atoms with van der Waals surface area (Å²) >= 11 is 0. The number of hydrogen-bond donors (Lipinski definition) is 2. The molecule has 0 aliphatic heterocycles. The first-order chi connectivity index (χ1) is 12.5. The van der Waals surface area contributed by atoms with Gasteiger partial charge in [0.2, 0.25) is 5.91 Å². The maximum absolute atomic E-state index is 12.8. The summed E-state index contributed by atoms with van der Waals surface area (Å²) in [6.07, 6.45) is 1.45. The molecule has 0 saturated heterocycles. The second kappa shape index (κ2) is 10.2. The van der Waals surface area contributed by atoms with E-state index in [2.05, 4.69) is 5.32 Å². The highest BCUT2D eigenvalue weighted by Gasteiger charge is 2.04. The third-order valence-electron chi connectivity index (χ3n) is 3.77. The molecule has 138 valence electrons. The van der Waals surface area contributed by atoms with Gasteiger partial charge < -0.3 is 15.2 Å². The number of benzene rings is 2. The smallest absolute Gasteiger partial charge is 0.303 e. The molecule has 0 spiro atoms. The van der Waals surface area contributed by atoms with Crippen molar-refractivity contribution < 1.29 is 23.8 Å². The van der Waals surface area contributed by atoms with Crippen molar-refractivity contribution in [1.29, 1.82) is 0 Å². The molecule has 0 bridgehead atoms. The van der Waals surface area contributed by atoms with E-state index in [9.17, 15) is 14.0 Å². The minimum absolute atomic E-state index is 0.0664. The van der Waals surface area contributed by atoms with Gasteiger partial charge in [-0.1, -0.05) is 24.3 Å². The Bertz CT molecular complexity index is 714. The topological polar surface area (TPSA) is 75.6 Å². The summed E-state index contributed by atoms with van der Waals surface area (Å²) in [7, 11) is 0. The van der Waals surface area contributed by atoms with E-state index >= 15 is 0 Å². The fourth-order valence-electron chi connectivity index (χ4n) is 2.31. The number of carboxylic acids is 1. The summed E-state index contributed by atoms with van der Waals surface area (Å²) in [6.45, 7) is 0.771. The van der Waals surface area contributed by atoms with Crippen molar-refractivity contribution in [2.75, 3.05) is 6.61 Å². The van der Waals surface area contributed by atoms with Crippen molar-refractivity contribution >= 4 is 11.9 Å². The molecule has 0 saturated carbocycles. The maximum Gasteiger partial charge on any atom is 0.303 e. The van der Waals surface area contributed by atoms with Crippen LogP contribution in [0.25, 0.3) is 0 Å². The number of carboxylic acid groups (broad SMARTS) is 1. The molecule has 5 nitrogen and oxygen atoms in total. The first-order valence-corrected chi connectivity index (χ1v) is 8.47. The lowest BCUT2D eigenvalue weighted by molar-refractivity contribution is -0.137. The van der Waals surface area contributed by atoms with Crippen molar-refractivity contribution in [2.45, 2.75) is 32.2 Å². The van der Waals surface area contributed by atoms with Crippen LogP contribution in [0, 0.1) is 5.82 Å². The maximum atomic E-state index is 12.8. The Kier molecular flexibility index (Phi) is 7.61. The third-order valence-corrected chi connectivity index (χ3v) is 3.77. The van der Waals surface area contributed by atoms with Crippen LogP contribution < -0.4 is 10.1 Å². The Labute approximate surface area is 151 Å². The minimum atomic E-state index is -0.834. The quantitative estimate of drug-likeness (QED) is 0.638. The van der Waals surface area contributed by atoms with Crippen LogP contribution in [0.1, 0.15) is 30.4 Å². The molecule has 0 aliphatic carbocycles. The molecule has 0 radical (unpaired) electrons. The van der Waals surface area contributed by atoms with Gasteiger partial charge in [-0.2, -0.15) is 0 Å². The van der Waals surface area contributed by atoms with Gasteiger partial charge in [-0.3, -0.25) is 9.59 Å². The first kappa shape index (κ1) is 19.4. The molecule has 2 N–H and O–H groups in total. The normalized spacial score (nSPS) is 10.3. The highest BCUT2D eigenvalue weighted by atomic mass is 19.1. The molecule has 6 heteroatoms. The Balaban J connectivity index is 1.67. The van der Waals surface area contributed by atoms with Crippen molar-refractivity contribution in [3.8, 4) is 5.75 Å². The van der Waals surface area contributed by atoms with E-state index in [4.69, 9.17) is 9.84 Å². The summed E-state index contributed by atoms with van der Waals surface area (Å²) in [5.74, 6) is -0.517. The number of aliphatic carboxylic acids is 1. The Hall–Kier alpha value is -2.89. The lowest BCUT2D eigenvalue weighted by atomic mass is 10.1. The van der Waals surface area contributed by atoms with Crippen LogP contribution in [0.2, 0.25) is 0 Å². The zero-order valence-corrected chi connectivity index (χ0v) is 14.4. The number of carbonyl (C=O) groups excluding carboxylic acids is 1. The standard InChI is InChI=1S/C20H22FNO4/c21-17-8-3-15(4-9-17)7-12-19(23)22-14-16-5-10-18(11-6-16)26-13-1-2-20(24)25/h3-6,8-11H,1-2,7,12-14H2,(H,22,23)(H,24,25). The van der Waals surface area contributed by atoms with Crippen LogP contribution in [0.4, 0.5) is 4.39 Å². The molecular formula is C20H22FNO4. The highest BCUT2D eigenvalue weighted by Crippen LogP contribution is 2.13. The van der Waals surface area contributed by atoms with Crippen molar-refractivity contribution in [1.82, 2.24) is 5.32 Å². The number of aryl methyl sites for hydroxylation is 1. The van der Waals surface area contributed by atoms with Gasteiger partial charge in [-0.05, 0) is 48.2 Å². The van der Waals surface area contributed by atoms with Gasteiger partial charge in [-0.15, -0.1) is 0 Å². The van der Waals surface area contributed by atoms with Crippen LogP contribution in [0.15, 0.2) is 48.5 Å². The summed E-state index contributed by atoms with van der Waals surface area (Å²) < 4.78 is 18.3. The predicted octanol–water partition coefficient (Wildman–Crippen LogP) is 3.32. The van der Waals surface area contributed by atoms with E-state index in [-0.39, 0.29) is 18.1 Å². The van der Waals surface area contributed by atoms with Crippen LogP contribution in [-0.2, 0) is 22.6 Å². The molecule has 1 amide bonds. The Morgan fingerprint density at radius 3 is 2.27 bits per heavy atom. The highest BCUT2D eigenvalue weighted by molar-refractivity contribution is 5.76. The number of nitrogens with one attached hydrogen (secondary N) is 1. The number of rotatable bonds is 10. The summed E-state index contributed by atoms with van der Waals surface area (Å²) in [5, 5.41) is 11.4. The molecule has 2 aromatic carbocycles. The summed E-state index contributed by atoms with van der Waals surface area (Å²) in [6, 6.07) is 13.4. The zero-order valence-electron chi connectivity index (χ0n) is 14.4. The fourth-order valence-corrected chi connectivity index (χ4v) is 2.31. The van der Waals surface area contributed by atoms with Crippen molar-refractivity contribution in [2.24, 2.45) is 0 Å². The van der Waals surface area contributed by atoms with E-state index in [1.54, 1.807) is 24.3 Å². The van der Waals surface area contributed by atoms with Gasteiger partial charge >= 0.3 is 5.97 Å². The van der Waals surface area contributed by atoms with Crippen molar-refractivity contribution in [3.63, 3.8) is 0 Å². The fraction of sp³-hybridized carbons (Fsp3) is 0.300. The lowest BCUT2D eigenvalue weighted by Crippen LogP contribution is -2.22. The first-order valence-electron chi connectivity index (χ1n) is 8.47. The molecule has 0 heterocycles.